The molecule has 136 valence electrons. The lowest BCUT2D eigenvalue weighted by atomic mass is 10.1. The molecule has 0 aliphatic heterocycles. The predicted octanol–water partition coefficient (Wildman–Crippen LogP) is 2.71. The van der Waals surface area contributed by atoms with Gasteiger partial charge in [0.2, 0.25) is 10.0 Å². The quantitative estimate of drug-likeness (QED) is 0.741. The van der Waals surface area contributed by atoms with Crippen molar-refractivity contribution in [3.8, 4) is 0 Å². The number of sulfonamides is 1. The van der Waals surface area contributed by atoms with Gasteiger partial charge in [-0.1, -0.05) is 42.5 Å². The number of benzene rings is 1. The third-order valence-electron chi connectivity index (χ3n) is 3.74. The molecular formula is C18H23FN2O3S. The average Bonchev–Trinajstić information content (AvgIpc) is 2.61. The number of hydrogen-bond donors (Lipinski definition) is 2. The van der Waals surface area contributed by atoms with Crippen LogP contribution in [-0.2, 0) is 14.8 Å². The van der Waals surface area contributed by atoms with Crippen LogP contribution in [0.3, 0.4) is 0 Å². The average molecular weight is 366 g/mol. The van der Waals surface area contributed by atoms with E-state index in [0.29, 0.717) is 6.42 Å². The maximum absolute atomic E-state index is 13.2. The summed E-state index contributed by atoms with van der Waals surface area (Å²) in [5.74, 6) is -0.434. The lowest BCUT2D eigenvalue weighted by Gasteiger charge is -2.19. The van der Waals surface area contributed by atoms with Crippen LogP contribution in [0.2, 0.25) is 0 Å². The molecule has 2 rings (SSSR count). The van der Waals surface area contributed by atoms with E-state index in [-0.39, 0.29) is 30.2 Å². The van der Waals surface area contributed by atoms with Crippen LogP contribution in [0.15, 0.2) is 65.4 Å². The first-order chi connectivity index (χ1) is 11.9. The van der Waals surface area contributed by atoms with Crippen molar-refractivity contribution < 1.29 is 17.5 Å². The highest BCUT2D eigenvalue weighted by molar-refractivity contribution is 7.93. The summed E-state index contributed by atoms with van der Waals surface area (Å²) in [4.78, 5) is 0.188. The van der Waals surface area contributed by atoms with E-state index in [0.717, 1.165) is 5.56 Å². The van der Waals surface area contributed by atoms with Crippen molar-refractivity contribution in [2.24, 2.45) is 5.73 Å². The van der Waals surface area contributed by atoms with Crippen molar-refractivity contribution in [1.82, 2.24) is 4.72 Å². The Hall–Kier alpha value is -1.80. The smallest absolute Gasteiger partial charge is 0.240 e. The molecule has 2 unspecified atom stereocenters. The van der Waals surface area contributed by atoms with E-state index in [1.165, 1.54) is 12.2 Å². The molecule has 7 heteroatoms. The zero-order chi connectivity index (χ0) is 18.3. The van der Waals surface area contributed by atoms with Gasteiger partial charge >= 0.3 is 0 Å². The monoisotopic (exact) mass is 366 g/mol. The Bertz CT molecular complexity index is 758. The summed E-state index contributed by atoms with van der Waals surface area (Å²) in [5, 5.41) is 0. The van der Waals surface area contributed by atoms with E-state index in [9.17, 15) is 12.8 Å². The molecule has 3 N–H and O–H groups in total. The van der Waals surface area contributed by atoms with Gasteiger partial charge in [0.1, 0.15) is 5.83 Å². The largest absolute Gasteiger partial charge is 0.367 e. The fourth-order valence-corrected chi connectivity index (χ4v) is 3.70. The second kappa shape index (κ2) is 9.05. The van der Waals surface area contributed by atoms with Gasteiger partial charge in [-0.2, -0.15) is 0 Å². The standard InChI is InChI=1S/C18H23FN2O3S/c1-14(15-5-3-2-4-6-15)21-25(22,23)18-9-7-17(8-10-18)24-13-16(19)11-12-20/h2-7,9-11,14,17,21H,8,12-13,20H2,1H3/b16-11+. The molecule has 25 heavy (non-hydrogen) atoms. The van der Waals surface area contributed by atoms with Gasteiger partial charge in [0.25, 0.3) is 0 Å². The number of nitrogens with two attached hydrogens (primary N) is 1. The fourth-order valence-electron chi connectivity index (χ4n) is 2.39. The Morgan fingerprint density at radius 1 is 1.44 bits per heavy atom. The Morgan fingerprint density at radius 2 is 2.16 bits per heavy atom. The van der Waals surface area contributed by atoms with Gasteiger partial charge in [-0.25, -0.2) is 17.5 Å². The SMILES string of the molecule is CC(NS(=O)(=O)C1=CCC(OC/C(F)=C\CN)C=C1)c1ccccc1. The third kappa shape index (κ3) is 5.89. The minimum absolute atomic E-state index is 0.114. The molecule has 0 saturated heterocycles. The Balaban J connectivity index is 1.93. The van der Waals surface area contributed by atoms with Gasteiger partial charge in [0.15, 0.2) is 0 Å². The van der Waals surface area contributed by atoms with Crippen LogP contribution in [-0.4, -0.2) is 27.7 Å². The molecule has 0 amide bonds. The van der Waals surface area contributed by atoms with Crippen molar-refractivity contribution in [1.29, 1.82) is 0 Å². The Labute approximate surface area is 148 Å². The van der Waals surface area contributed by atoms with Gasteiger partial charge in [0.05, 0.1) is 17.6 Å². The van der Waals surface area contributed by atoms with Crippen LogP contribution in [0.1, 0.15) is 24.9 Å². The van der Waals surface area contributed by atoms with Crippen LogP contribution in [0, 0.1) is 0 Å². The summed E-state index contributed by atoms with van der Waals surface area (Å²) < 4.78 is 46.2. The van der Waals surface area contributed by atoms with E-state index < -0.39 is 15.9 Å². The number of allylic oxidation sites excluding steroid dienone is 1. The van der Waals surface area contributed by atoms with Crippen molar-refractivity contribution in [3.05, 3.63) is 70.9 Å². The van der Waals surface area contributed by atoms with Gasteiger partial charge in [-0.05, 0) is 31.1 Å². The second-order valence-corrected chi connectivity index (χ2v) is 7.41. The zero-order valence-corrected chi connectivity index (χ0v) is 14.9. The summed E-state index contributed by atoms with van der Waals surface area (Å²) in [6.45, 7) is 1.73. The molecular weight excluding hydrogens is 343 g/mol. The van der Waals surface area contributed by atoms with E-state index >= 15 is 0 Å². The van der Waals surface area contributed by atoms with Crippen LogP contribution in [0.25, 0.3) is 0 Å². The number of hydrogen-bond acceptors (Lipinski definition) is 4. The summed E-state index contributed by atoms with van der Waals surface area (Å²) in [5.41, 5.74) is 6.10. The number of ether oxygens (including phenoxy) is 1. The normalized spacial score (nSPS) is 19.6. The summed E-state index contributed by atoms with van der Waals surface area (Å²) in [6.07, 6.45) is 5.93. The number of rotatable bonds is 8. The van der Waals surface area contributed by atoms with Crippen molar-refractivity contribution >= 4 is 10.0 Å². The molecule has 0 fully saturated rings. The lowest BCUT2D eigenvalue weighted by molar-refractivity contribution is 0.0943. The minimum Gasteiger partial charge on any atom is -0.367 e. The highest BCUT2D eigenvalue weighted by Crippen LogP contribution is 2.21. The van der Waals surface area contributed by atoms with Crippen LogP contribution in [0.5, 0.6) is 0 Å². The summed E-state index contributed by atoms with van der Waals surface area (Å²) in [7, 11) is -3.63. The molecule has 5 nitrogen and oxygen atoms in total. The van der Waals surface area contributed by atoms with E-state index in [1.807, 2.05) is 30.3 Å². The predicted molar refractivity (Wildman–Crippen MR) is 96.7 cm³/mol. The first-order valence-electron chi connectivity index (χ1n) is 8.04. The summed E-state index contributed by atoms with van der Waals surface area (Å²) >= 11 is 0. The van der Waals surface area contributed by atoms with Gasteiger partial charge < -0.3 is 10.5 Å². The molecule has 0 radical (unpaired) electrons. The molecule has 0 bridgehead atoms. The maximum Gasteiger partial charge on any atom is 0.240 e. The fraction of sp³-hybridized carbons (Fsp3) is 0.333. The highest BCUT2D eigenvalue weighted by atomic mass is 32.2. The molecule has 1 aromatic rings. The van der Waals surface area contributed by atoms with Crippen LogP contribution < -0.4 is 10.5 Å². The van der Waals surface area contributed by atoms with Gasteiger partial charge in [-0.15, -0.1) is 0 Å². The van der Waals surface area contributed by atoms with Crippen molar-refractivity contribution in [2.45, 2.75) is 25.5 Å². The molecule has 0 heterocycles. The molecule has 1 aliphatic carbocycles. The molecule has 0 spiro atoms. The number of nitrogens with one attached hydrogen (secondary N) is 1. The number of halogens is 1. The van der Waals surface area contributed by atoms with Crippen molar-refractivity contribution in [2.75, 3.05) is 13.2 Å². The molecule has 2 atom stereocenters. The molecule has 0 saturated carbocycles. The Kier molecular flexibility index (Phi) is 7.07. The Morgan fingerprint density at radius 3 is 2.76 bits per heavy atom. The molecule has 1 aromatic carbocycles. The second-order valence-electron chi connectivity index (χ2n) is 5.69. The van der Waals surface area contributed by atoms with Crippen LogP contribution >= 0.6 is 0 Å². The van der Waals surface area contributed by atoms with Gasteiger partial charge in [-0.3, -0.25) is 0 Å². The third-order valence-corrected chi connectivity index (χ3v) is 5.33. The van der Waals surface area contributed by atoms with Crippen LogP contribution in [0.4, 0.5) is 4.39 Å². The van der Waals surface area contributed by atoms with Crippen molar-refractivity contribution in [3.63, 3.8) is 0 Å². The first kappa shape index (κ1) is 19.5. The molecule has 0 aromatic heterocycles. The van der Waals surface area contributed by atoms with E-state index in [1.54, 1.807) is 19.1 Å². The minimum atomic E-state index is -3.63. The zero-order valence-electron chi connectivity index (χ0n) is 14.1. The first-order valence-corrected chi connectivity index (χ1v) is 9.52. The van der Waals surface area contributed by atoms with E-state index in [4.69, 9.17) is 10.5 Å². The molecule has 1 aliphatic rings. The maximum atomic E-state index is 13.2. The van der Waals surface area contributed by atoms with E-state index in [2.05, 4.69) is 4.72 Å². The summed E-state index contributed by atoms with van der Waals surface area (Å²) in [6, 6.07) is 8.99. The lowest BCUT2D eigenvalue weighted by Crippen LogP contribution is -2.28. The topological polar surface area (TPSA) is 81.4 Å². The van der Waals surface area contributed by atoms with Gasteiger partial charge in [0, 0.05) is 12.6 Å². The highest BCUT2D eigenvalue weighted by Gasteiger charge is 2.22.